The molecule has 8 heteroatoms. The van der Waals surface area contributed by atoms with Gasteiger partial charge in [0.2, 0.25) is 5.91 Å². The Balaban J connectivity index is 1.45. The molecule has 0 saturated carbocycles. The fourth-order valence-corrected chi connectivity index (χ4v) is 4.69. The van der Waals surface area contributed by atoms with Crippen LogP contribution in [0.1, 0.15) is 39.0 Å². The molecule has 6 nitrogen and oxygen atoms in total. The minimum absolute atomic E-state index is 0.0456. The van der Waals surface area contributed by atoms with Gasteiger partial charge in [-0.1, -0.05) is 24.6 Å². The topological polar surface area (TPSA) is 75.3 Å². The number of hydrogen-bond donors (Lipinski definition) is 3. The normalized spacial score (nSPS) is 21.5. The van der Waals surface area contributed by atoms with Gasteiger partial charge in [0.1, 0.15) is 11.6 Å². The van der Waals surface area contributed by atoms with Gasteiger partial charge in [0.25, 0.3) is 0 Å². The van der Waals surface area contributed by atoms with Gasteiger partial charge in [-0.3, -0.25) is 4.79 Å². The number of benzene rings is 1. The highest BCUT2D eigenvalue weighted by Gasteiger charge is 2.25. The molecule has 1 aromatic heterocycles. The molecule has 178 valence electrons. The van der Waals surface area contributed by atoms with E-state index in [0.29, 0.717) is 47.1 Å². The first kappa shape index (κ1) is 23.9. The maximum absolute atomic E-state index is 14.5. The molecule has 1 aromatic carbocycles. The molecule has 0 spiro atoms. The van der Waals surface area contributed by atoms with Crippen molar-refractivity contribution in [2.45, 2.75) is 45.1 Å². The third-order valence-corrected chi connectivity index (χ3v) is 6.99. The fraction of sp³-hybridized carbons (Fsp3) is 0.520. The lowest BCUT2D eigenvalue weighted by Gasteiger charge is -2.28. The van der Waals surface area contributed by atoms with E-state index in [-0.39, 0.29) is 17.6 Å². The van der Waals surface area contributed by atoms with E-state index < -0.39 is 0 Å². The predicted octanol–water partition coefficient (Wildman–Crippen LogP) is 5.10. The molecule has 1 amide bonds. The zero-order valence-corrected chi connectivity index (χ0v) is 19.8. The van der Waals surface area contributed by atoms with Crippen LogP contribution in [0.5, 0.6) is 0 Å². The van der Waals surface area contributed by atoms with Crippen LogP contribution in [0.15, 0.2) is 30.5 Å². The number of carbonyl (C=O) groups excluding carboxylic acids is 1. The summed E-state index contributed by atoms with van der Waals surface area (Å²) < 4.78 is 19.9. The number of rotatable bonds is 7. The largest absolute Gasteiger partial charge is 0.382 e. The first-order chi connectivity index (χ1) is 16.0. The van der Waals surface area contributed by atoms with E-state index in [1.54, 1.807) is 18.2 Å². The summed E-state index contributed by atoms with van der Waals surface area (Å²) in [6.45, 7) is 5.03. The SMILES string of the molecule is CC[C@@H]1CC[C@@H](C(=O)Nc2cc(-c3ccc(F)c(NCC4CCOCC4)c3)c(Cl)cn2)CN1. The van der Waals surface area contributed by atoms with Crippen molar-refractivity contribution < 1.29 is 13.9 Å². The molecule has 3 N–H and O–H groups in total. The number of ether oxygens (including phenoxy) is 1. The molecule has 0 aliphatic carbocycles. The standard InChI is InChI=1S/C25H32ClFN4O2/c1-2-19-5-3-18(14-28-19)25(32)31-24-12-20(21(26)15-30-24)17-4-6-22(27)23(11-17)29-13-16-7-9-33-10-8-16/h4,6,11-12,15-16,18-19,28-29H,2-3,5,7-10,13-14H2,1H3,(H,30,31,32)/t18-,19-/m1/s1. The van der Waals surface area contributed by atoms with Gasteiger partial charge in [-0.2, -0.15) is 0 Å². The quantitative estimate of drug-likeness (QED) is 0.520. The summed E-state index contributed by atoms with van der Waals surface area (Å²) in [5, 5.41) is 10.0. The molecule has 2 fully saturated rings. The van der Waals surface area contributed by atoms with Crippen LogP contribution in [0.2, 0.25) is 5.02 Å². The smallest absolute Gasteiger partial charge is 0.229 e. The lowest BCUT2D eigenvalue weighted by atomic mass is 9.93. The van der Waals surface area contributed by atoms with Crippen molar-refractivity contribution in [2.24, 2.45) is 11.8 Å². The number of amides is 1. The van der Waals surface area contributed by atoms with E-state index in [0.717, 1.165) is 50.9 Å². The highest BCUT2D eigenvalue weighted by molar-refractivity contribution is 6.33. The number of piperidine rings is 1. The summed E-state index contributed by atoms with van der Waals surface area (Å²) in [6.07, 6.45) is 6.40. The predicted molar refractivity (Wildman–Crippen MR) is 130 cm³/mol. The highest BCUT2D eigenvalue weighted by atomic mass is 35.5. The summed E-state index contributed by atoms with van der Waals surface area (Å²) in [4.78, 5) is 17.0. The minimum Gasteiger partial charge on any atom is -0.382 e. The summed E-state index contributed by atoms with van der Waals surface area (Å²) >= 11 is 6.43. The fourth-order valence-electron chi connectivity index (χ4n) is 4.48. The Bertz CT molecular complexity index is 959. The molecule has 0 unspecified atom stereocenters. The van der Waals surface area contributed by atoms with Crippen LogP contribution in [0.25, 0.3) is 11.1 Å². The van der Waals surface area contributed by atoms with Crippen molar-refractivity contribution in [1.82, 2.24) is 10.3 Å². The van der Waals surface area contributed by atoms with E-state index in [1.807, 2.05) is 0 Å². The maximum atomic E-state index is 14.5. The molecular formula is C25H32ClFN4O2. The summed E-state index contributed by atoms with van der Waals surface area (Å²) in [6, 6.07) is 7.13. The van der Waals surface area contributed by atoms with Gasteiger partial charge in [0.15, 0.2) is 0 Å². The van der Waals surface area contributed by atoms with Crippen molar-refractivity contribution in [3.05, 3.63) is 41.3 Å². The van der Waals surface area contributed by atoms with E-state index in [4.69, 9.17) is 16.3 Å². The second kappa shape index (κ2) is 11.3. The molecule has 0 bridgehead atoms. The molecule has 2 atom stereocenters. The van der Waals surface area contributed by atoms with Crippen molar-refractivity contribution >= 4 is 29.0 Å². The van der Waals surface area contributed by atoms with Crippen molar-refractivity contribution in [3.63, 3.8) is 0 Å². The number of pyridine rings is 1. The monoisotopic (exact) mass is 474 g/mol. The first-order valence-electron chi connectivity index (χ1n) is 11.8. The molecule has 2 saturated heterocycles. The van der Waals surface area contributed by atoms with Crippen LogP contribution >= 0.6 is 11.6 Å². The van der Waals surface area contributed by atoms with E-state index in [2.05, 4.69) is 27.9 Å². The third-order valence-electron chi connectivity index (χ3n) is 6.69. The number of hydrogen-bond acceptors (Lipinski definition) is 5. The Morgan fingerprint density at radius 3 is 2.79 bits per heavy atom. The molecule has 3 heterocycles. The zero-order chi connectivity index (χ0) is 23.2. The van der Waals surface area contributed by atoms with Crippen LogP contribution in [-0.2, 0) is 9.53 Å². The van der Waals surface area contributed by atoms with Crippen molar-refractivity contribution in [1.29, 1.82) is 0 Å². The molecular weight excluding hydrogens is 443 g/mol. The number of carbonyl (C=O) groups is 1. The Morgan fingerprint density at radius 1 is 1.24 bits per heavy atom. The van der Waals surface area contributed by atoms with Crippen molar-refractivity contribution in [3.8, 4) is 11.1 Å². The van der Waals surface area contributed by atoms with Gasteiger partial charge in [0.05, 0.1) is 16.6 Å². The van der Waals surface area contributed by atoms with E-state index in [9.17, 15) is 9.18 Å². The lowest BCUT2D eigenvalue weighted by Crippen LogP contribution is -2.43. The van der Waals surface area contributed by atoms with Crippen LogP contribution in [0.4, 0.5) is 15.9 Å². The second-order valence-electron chi connectivity index (χ2n) is 8.96. The molecule has 33 heavy (non-hydrogen) atoms. The summed E-state index contributed by atoms with van der Waals surface area (Å²) in [5.41, 5.74) is 1.90. The summed E-state index contributed by atoms with van der Waals surface area (Å²) in [7, 11) is 0. The number of aromatic nitrogens is 1. The number of anilines is 2. The van der Waals surface area contributed by atoms with E-state index in [1.165, 1.54) is 12.3 Å². The van der Waals surface area contributed by atoms with Crippen LogP contribution < -0.4 is 16.0 Å². The van der Waals surface area contributed by atoms with Gasteiger partial charge in [0, 0.05) is 44.1 Å². The maximum Gasteiger partial charge on any atom is 0.229 e. The van der Waals surface area contributed by atoms with Gasteiger partial charge in [-0.25, -0.2) is 9.37 Å². The van der Waals surface area contributed by atoms with Gasteiger partial charge in [-0.15, -0.1) is 0 Å². The van der Waals surface area contributed by atoms with Crippen LogP contribution in [0.3, 0.4) is 0 Å². The minimum atomic E-state index is -0.306. The summed E-state index contributed by atoms with van der Waals surface area (Å²) in [5.74, 6) is 0.476. The Labute approximate surface area is 199 Å². The van der Waals surface area contributed by atoms with Crippen LogP contribution in [0, 0.1) is 17.7 Å². The van der Waals surface area contributed by atoms with Crippen LogP contribution in [-0.4, -0.2) is 43.2 Å². The second-order valence-corrected chi connectivity index (χ2v) is 9.36. The van der Waals surface area contributed by atoms with Gasteiger partial charge >= 0.3 is 0 Å². The number of nitrogens with zero attached hydrogens (tertiary/aromatic N) is 1. The number of halogens is 2. The zero-order valence-electron chi connectivity index (χ0n) is 19.0. The molecule has 2 aliphatic heterocycles. The number of nitrogens with one attached hydrogen (secondary N) is 3. The first-order valence-corrected chi connectivity index (χ1v) is 12.2. The Morgan fingerprint density at radius 2 is 2.06 bits per heavy atom. The van der Waals surface area contributed by atoms with Gasteiger partial charge in [-0.05, 0) is 61.8 Å². The molecule has 2 aromatic rings. The molecule has 4 rings (SSSR count). The average Bonchev–Trinajstić information content (AvgIpc) is 2.85. The highest BCUT2D eigenvalue weighted by Crippen LogP contribution is 2.32. The average molecular weight is 475 g/mol. The van der Waals surface area contributed by atoms with Gasteiger partial charge < -0.3 is 20.7 Å². The molecule has 2 aliphatic rings. The molecule has 0 radical (unpaired) electrons. The van der Waals surface area contributed by atoms with Crippen molar-refractivity contribution in [2.75, 3.05) is 36.9 Å². The van der Waals surface area contributed by atoms with E-state index >= 15 is 0 Å². The third kappa shape index (κ3) is 6.22. The Kier molecular flexibility index (Phi) is 8.17. The lowest BCUT2D eigenvalue weighted by molar-refractivity contribution is -0.120. The Hall–Kier alpha value is -2.22.